The van der Waals surface area contributed by atoms with Crippen LogP contribution in [0.15, 0.2) is 29.2 Å². The van der Waals surface area contributed by atoms with E-state index in [4.69, 9.17) is 27.9 Å². The van der Waals surface area contributed by atoms with Gasteiger partial charge in [0, 0.05) is 6.61 Å². The molecule has 1 aliphatic heterocycles. The van der Waals surface area contributed by atoms with Crippen LogP contribution >= 0.6 is 0 Å². The zero-order valence-electron chi connectivity index (χ0n) is 17.0. The molecule has 0 N–H and O–H groups in total. The van der Waals surface area contributed by atoms with E-state index in [1.54, 1.807) is 12.1 Å². The van der Waals surface area contributed by atoms with E-state index in [9.17, 15) is 8.42 Å². The molecule has 0 unspecified atom stereocenters. The molecule has 1 aromatic rings. The first-order valence-corrected chi connectivity index (χ1v) is 11.4. The third-order valence-electron chi connectivity index (χ3n) is 4.19. The highest BCUT2D eigenvalue weighted by Crippen LogP contribution is 2.14. The summed E-state index contributed by atoms with van der Waals surface area (Å²) in [6.45, 7) is 5.52. The number of rotatable bonds is 15. The van der Waals surface area contributed by atoms with Gasteiger partial charge >= 0.3 is 0 Å². The van der Waals surface area contributed by atoms with Gasteiger partial charge in [0.1, 0.15) is 0 Å². The molecule has 0 aromatic heterocycles. The van der Waals surface area contributed by atoms with Crippen LogP contribution in [-0.4, -0.2) is 74.2 Å². The van der Waals surface area contributed by atoms with Gasteiger partial charge in [0.25, 0.3) is 10.1 Å². The molecule has 8 nitrogen and oxygen atoms in total. The Hall–Kier alpha value is -1.07. The van der Waals surface area contributed by atoms with Crippen LogP contribution in [0.25, 0.3) is 0 Å². The van der Waals surface area contributed by atoms with Crippen LogP contribution in [0.2, 0.25) is 0 Å². The molecule has 1 atom stereocenters. The molecule has 1 saturated heterocycles. The molecular formula is C20H32O8S. The highest BCUT2D eigenvalue weighted by molar-refractivity contribution is 7.86. The summed E-state index contributed by atoms with van der Waals surface area (Å²) in [5, 5.41) is 0. The summed E-state index contributed by atoms with van der Waals surface area (Å²) in [5.41, 5.74) is 0.986. The summed E-state index contributed by atoms with van der Waals surface area (Å²) in [6.07, 6.45) is 3.12. The summed E-state index contributed by atoms with van der Waals surface area (Å²) >= 11 is 0. The summed E-state index contributed by atoms with van der Waals surface area (Å²) < 4.78 is 56.1. The van der Waals surface area contributed by atoms with Crippen LogP contribution in [0.1, 0.15) is 24.8 Å². The molecule has 1 aromatic carbocycles. The average molecular weight is 433 g/mol. The fourth-order valence-electron chi connectivity index (χ4n) is 2.60. The minimum Gasteiger partial charge on any atom is -0.377 e. The smallest absolute Gasteiger partial charge is 0.297 e. The second-order valence-corrected chi connectivity index (χ2v) is 8.21. The molecule has 1 fully saturated rings. The topological polar surface area (TPSA) is 89.5 Å². The van der Waals surface area contributed by atoms with Gasteiger partial charge in [0.05, 0.1) is 57.8 Å². The Morgan fingerprint density at radius 1 is 0.862 bits per heavy atom. The Balaban J connectivity index is 1.36. The van der Waals surface area contributed by atoms with Crippen LogP contribution in [0.5, 0.6) is 0 Å². The molecule has 1 aliphatic rings. The van der Waals surface area contributed by atoms with Crippen LogP contribution in [0.4, 0.5) is 0 Å². The molecule has 9 heteroatoms. The van der Waals surface area contributed by atoms with Gasteiger partial charge in [-0.3, -0.25) is 4.18 Å². The normalized spacial score (nSPS) is 17.5. The molecule has 0 spiro atoms. The summed E-state index contributed by atoms with van der Waals surface area (Å²) in [4.78, 5) is 0.142. The van der Waals surface area contributed by atoms with Crippen LogP contribution < -0.4 is 0 Å². The molecule has 0 radical (unpaired) electrons. The van der Waals surface area contributed by atoms with Crippen molar-refractivity contribution >= 4 is 10.1 Å². The lowest BCUT2D eigenvalue weighted by molar-refractivity contribution is -0.169. The number of aryl methyl sites for hydroxylation is 1. The van der Waals surface area contributed by atoms with Crippen LogP contribution in [-0.2, 0) is 38.0 Å². The lowest BCUT2D eigenvalue weighted by atomic mass is 10.2. The third-order valence-corrected chi connectivity index (χ3v) is 5.52. The first-order chi connectivity index (χ1) is 14.1. The third kappa shape index (κ3) is 10.5. The van der Waals surface area contributed by atoms with Crippen LogP contribution in [0, 0.1) is 6.92 Å². The number of hydrogen-bond acceptors (Lipinski definition) is 8. The van der Waals surface area contributed by atoms with Crippen molar-refractivity contribution < 1.29 is 36.3 Å². The molecule has 166 valence electrons. The molecule has 0 bridgehead atoms. The zero-order chi connectivity index (χ0) is 20.8. The Morgan fingerprint density at radius 2 is 1.45 bits per heavy atom. The average Bonchev–Trinajstić information content (AvgIpc) is 2.72. The number of ether oxygens (including phenoxy) is 5. The SMILES string of the molecule is Cc1ccc(S(=O)(=O)OCCOCCOCCOCCO[C@@H]2CCCCO2)cc1. The maximum atomic E-state index is 12.0. The van der Waals surface area contributed by atoms with Gasteiger partial charge in [-0.25, -0.2) is 0 Å². The summed E-state index contributed by atoms with van der Waals surface area (Å²) in [7, 11) is -3.74. The van der Waals surface area contributed by atoms with Gasteiger partial charge in [-0.05, 0) is 38.3 Å². The van der Waals surface area contributed by atoms with Crippen molar-refractivity contribution in [2.75, 3.05) is 59.5 Å². The molecular weight excluding hydrogens is 400 g/mol. The van der Waals surface area contributed by atoms with E-state index < -0.39 is 10.1 Å². The second kappa shape index (κ2) is 14.0. The number of benzene rings is 1. The van der Waals surface area contributed by atoms with Crippen molar-refractivity contribution in [1.82, 2.24) is 0 Å². The van der Waals surface area contributed by atoms with Crippen molar-refractivity contribution in [1.29, 1.82) is 0 Å². The predicted octanol–water partition coefficient (Wildman–Crippen LogP) is 2.29. The second-order valence-electron chi connectivity index (χ2n) is 6.59. The first-order valence-electron chi connectivity index (χ1n) is 10.0. The summed E-state index contributed by atoms with van der Waals surface area (Å²) in [6, 6.07) is 6.51. The van der Waals surface area contributed by atoms with Crippen molar-refractivity contribution in [2.24, 2.45) is 0 Å². The van der Waals surface area contributed by atoms with Crippen molar-refractivity contribution in [3.63, 3.8) is 0 Å². The van der Waals surface area contributed by atoms with E-state index in [0.717, 1.165) is 31.4 Å². The highest BCUT2D eigenvalue weighted by Gasteiger charge is 2.14. The van der Waals surface area contributed by atoms with E-state index >= 15 is 0 Å². The Kier molecular flexibility index (Phi) is 11.7. The van der Waals surface area contributed by atoms with E-state index in [0.29, 0.717) is 39.6 Å². The molecule has 2 rings (SSSR count). The fraction of sp³-hybridized carbons (Fsp3) is 0.700. The van der Waals surface area contributed by atoms with Gasteiger partial charge in [-0.2, -0.15) is 8.42 Å². The minimum atomic E-state index is -3.74. The van der Waals surface area contributed by atoms with Gasteiger partial charge in [-0.1, -0.05) is 17.7 Å². The Labute approximate surface area is 173 Å². The predicted molar refractivity (Wildman–Crippen MR) is 106 cm³/mol. The van der Waals surface area contributed by atoms with Gasteiger partial charge in [-0.15, -0.1) is 0 Å². The Morgan fingerprint density at radius 3 is 2.03 bits per heavy atom. The molecule has 29 heavy (non-hydrogen) atoms. The lowest BCUT2D eigenvalue weighted by Crippen LogP contribution is -2.24. The standard InChI is InChI=1S/C20H32O8S/c1-18-5-7-19(8-6-18)29(21,22)28-17-15-25-13-11-23-10-12-24-14-16-27-20-4-2-3-9-26-20/h5-8,20H,2-4,9-17H2,1H3/t20-/m1/s1. The highest BCUT2D eigenvalue weighted by atomic mass is 32.2. The maximum absolute atomic E-state index is 12.0. The largest absolute Gasteiger partial charge is 0.377 e. The minimum absolute atomic E-state index is 0.0377. The quantitative estimate of drug-likeness (QED) is 0.308. The van der Waals surface area contributed by atoms with Gasteiger partial charge in [0.2, 0.25) is 0 Å². The van der Waals surface area contributed by atoms with Crippen molar-refractivity contribution in [3.8, 4) is 0 Å². The van der Waals surface area contributed by atoms with Gasteiger partial charge in [0.15, 0.2) is 6.29 Å². The van der Waals surface area contributed by atoms with E-state index in [2.05, 4.69) is 0 Å². The van der Waals surface area contributed by atoms with Gasteiger partial charge < -0.3 is 23.7 Å². The fourth-order valence-corrected chi connectivity index (χ4v) is 3.49. The molecule has 0 amide bonds. The molecule has 0 aliphatic carbocycles. The first kappa shape index (κ1) is 24.2. The lowest BCUT2D eigenvalue weighted by Gasteiger charge is -2.22. The van der Waals surface area contributed by atoms with Crippen LogP contribution in [0.3, 0.4) is 0 Å². The van der Waals surface area contributed by atoms with Crippen molar-refractivity contribution in [3.05, 3.63) is 29.8 Å². The summed E-state index contributed by atoms with van der Waals surface area (Å²) in [5.74, 6) is 0. The Bertz CT molecular complexity index is 641. The molecule has 0 saturated carbocycles. The monoisotopic (exact) mass is 432 g/mol. The zero-order valence-corrected chi connectivity index (χ0v) is 17.9. The van der Waals surface area contributed by atoms with E-state index in [1.807, 2.05) is 6.92 Å². The maximum Gasteiger partial charge on any atom is 0.297 e. The molecule has 1 heterocycles. The van der Waals surface area contributed by atoms with E-state index in [1.165, 1.54) is 12.1 Å². The van der Waals surface area contributed by atoms with E-state index in [-0.39, 0.29) is 24.4 Å². The number of hydrogen-bond donors (Lipinski definition) is 0. The van der Waals surface area contributed by atoms with Crippen molar-refractivity contribution in [2.45, 2.75) is 37.4 Å².